The molecule has 1 aromatic heterocycles. The number of halogens is 1. The van der Waals surface area contributed by atoms with Crippen LogP contribution >= 0.6 is 11.6 Å². The molecule has 0 saturated carbocycles. The number of hydrogen-bond acceptors (Lipinski definition) is 3. The summed E-state index contributed by atoms with van der Waals surface area (Å²) < 4.78 is 0. The lowest BCUT2D eigenvalue weighted by Crippen LogP contribution is -2.43. The van der Waals surface area contributed by atoms with Crippen LogP contribution in [-0.2, 0) is 6.54 Å². The standard InChI is InChI=1S/C13H17ClN4/c1-9-6-10(14)7-11-13(9)17-12(16-11)8-18-4-2-15-3-5-18/h6-7,15H,2-5,8H2,1H3,(H,16,17). The van der Waals surface area contributed by atoms with Crippen LogP contribution in [0.4, 0.5) is 0 Å². The molecule has 2 N–H and O–H groups in total. The van der Waals surface area contributed by atoms with Gasteiger partial charge in [0.2, 0.25) is 0 Å². The largest absolute Gasteiger partial charge is 0.341 e. The third-order valence-corrected chi connectivity index (χ3v) is 3.59. The summed E-state index contributed by atoms with van der Waals surface area (Å²) in [6, 6.07) is 3.90. The SMILES string of the molecule is Cc1cc(Cl)cc2[nH]c(CN3CCNCC3)nc12. The lowest BCUT2D eigenvalue weighted by atomic mass is 10.2. The van der Waals surface area contributed by atoms with Gasteiger partial charge in [0.15, 0.2) is 0 Å². The Labute approximate surface area is 111 Å². The van der Waals surface area contributed by atoms with E-state index in [2.05, 4.69) is 20.2 Å². The van der Waals surface area contributed by atoms with Gasteiger partial charge < -0.3 is 10.3 Å². The van der Waals surface area contributed by atoms with Crippen LogP contribution < -0.4 is 5.32 Å². The first-order valence-electron chi connectivity index (χ1n) is 6.30. The fraction of sp³-hybridized carbons (Fsp3) is 0.462. The summed E-state index contributed by atoms with van der Waals surface area (Å²) in [6.07, 6.45) is 0. The number of benzene rings is 1. The molecule has 0 unspecified atom stereocenters. The van der Waals surface area contributed by atoms with Crippen molar-refractivity contribution in [3.8, 4) is 0 Å². The number of piperazine rings is 1. The van der Waals surface area contributed by atoms with Crippen LogP contribution in [-0.4, -0.2) is 41.0 Å². The lowest BCUT2D eigenvalue weighted by Gasteiger charge is -2.26. The number of fused-ring (bicyclic) bond motifs is 1. The molecule has 0 bridgehead atoms. The molecule has 1 fully saturated rings. The van der Waals surface area contributed by atoms with Crippen molar-refractivity contribution in [3.63, 3.8) is 0 Å². The molecule has 4 nitrogen and oxygen atoms in total. The second-order valence-corrected chi connectivity index (χ2v) is 5.26. The quantitative estimate of drug-likeness (QED) is 0.871. The van der Waals surface area contributed by atoms with Crippen LogP contribution in [0.15, 0.2) is 12.1 Å². The van der Waals surface area contributed by atoms with Gasteiger partial charge in [-0.05, 0) is 24.6 Å². The van der Waals surface area contributed by atoms with Crippen molar-refractivity contribution >= 4 is 22.6 Å². The average Bonchev–Trinajstić information content (AvgIpc) is 2.73. The monoisotopic (exact) mass is 264 g/mol. The number of nitrogens with one attached hydrogen (secondary N) is 2. The van der Waals surface area contributed by atoms with E-state index in [-0.39, 0.29) is 0 Å². The highest BCUT2D eigenvalue weighted by atomic mass is 35.5. The minimum Gasteiger partial charge on any atom is -0.341 e. The number of aryl methyl sites for hydroxylation is 1. The van der Waals surface area contributed by atoms with Gasteiger partial charge in [-0.3, -0.25) is 4.90 Å². The van der Waals surface area contributed by atoms with E-state index >= 15 is 0 Å². The van der Waals surface area contributed by atoms with E-state index in [0.29, 0.717) is 0 Å². The summed E-state index contributed by atoms with van der Waals surface area (Å²) in [5.41, 5.74) is 3.19. The minimum atomic E-state index is 0.761. The first-order valence-corrected chi connectivity index (χ1v) is 6.68. The Bertz CT molecular complexity index is 557. The van der Waals surface area contributed by atoms with Gasteiger partial charge in [0, 0.05) is 31.2 Å². The summed E-state index contributed by atoms with van der Waals surface area (Å²) in [4.78, 5) is 10.4. The topological polar surface area (TPSA) is 44.0 Å². The number of imidazole rings is 1. The number of rotatable bonds is 2. The van der Waals surface area contributed by atoms with Crippen LogP contribution in [0.2, 0.25) is 5.02 Å². The molecule has 18 heavy (non-hydrogen) atoms. The van der Waals surface area contributed by atoms with Gasteiger partial charge in [-0.25, -0.2) is 4.98 Å². The smallest absolute Gasteiger partial charge is 0.121 e. The fourth-order valence-electron chi connectivity index (χ4n) is 2.45. The van der Waals surface area contributed by atoms with E-state index in [4.69, 9.17) is 11.6 Å². The van der Waals surface area contributed by atoms with E-state index in [1.807, 2.05) is 19.1 Å². The summed E-state index contributed by atoms with van der Waals surface area (Å²) in [5.74, 6) is 1.03. The van der Waals surface area contributed by atoms with Crippen molar-refractivity contribution in [3.05, 3.63) is 28.5 Å². The molecule has 1 aromatic carbocycles. The zero-order valence-electron chi connectivity index (χ0n) is 10.5. The van der Waals surface area contributed by atoms with Crippen molar-refractivity contribution in [1.82, 2.24) is 20.2 Å². The van der Waals surface area contributed by atoms with Crippen molar-refractivity contribution < 1.29 is 0 Å². The Balaban J connectivity index is 1.86. The minimum absolute atomic E-state index is 0.761. The van der Waals surface area contributed by atoms with Crippen LogP contribution in [0, 0.1) is 6.92 Å². The maximum atomic E-state index is 6.06. The normalized spacial score (nSPS) is 17.4. The maximum absolute atomic E-state index is 6.06. The number of aromatic amines is 1. The first-order chi connectivity index (χ1) is 8.72. The van der Waals surface area contributed by atoms with Gasteiger partial charge in [0.1, 0.15) is 5.82 Å². The Morgan fingerprint density at radius 2 is 2.11 bits per heavy atom. The zero-order chi connectivity index (χ0) is 12.5. The Morgan fingerprint density at radius 3 is 2.89 bits per heavy atom. The Kier molecular flexibility index (Phi) is 3.24. The molecule has 1 saturated heterocycles. The molecule has 0 spiro atoms. The van der Waals surface area contributed by atoms with E-state index in [1.165, 1.54) is 0 Å². The highest BCUT2D eigenvalue weighted by molar-refractivity contribution is 6.31. The van der Waals surface area contributed by atoms with Crippen LogP contribution in [0.5, 0.6) is 0 Å². The molecule has 1 aliphatic rings. The van der Waals surface area contributed by atoms with E-state index in [1.54, 1.807) is 0 Å². The summed E-state index contributed by atoms with van der Waals surface area (Å²) in [5, 5.41) is 4.12. The predicted octanol–water partition coefficient (Wildman–Crippen LogP) is 1.93. The molecule has 0 atom stereocenters. The molecular weight excluding hydrogens is 248 g/mol. The summed E-state index contributed by atoms with van der Waals surface area (Å²) in [7, 11) is 0. The fourth-order valence-corrected chi connectivity index (χ4v) is 2.73. The highest BCUT2D eigenvalue weighted by Crippen LogP contribution is 2.22. The average molecular weight is 265 g/mol. The summed E-state index contributed by atoms with van der Waals surface area (Å²) in [6.45, 7) is 7.21. The number of hydrogen-bond donors (Lipinski definition) is 2. The third kappa shape index (κ3) is 2.36. The van der Waals surface area contributed by atoms with E-state index < -0.39 is 0 Å². The van der Waals surface area contributed by atoms with Gasteiger partial charge in [0.05, 0.1) is 17.6 Å². The van der Waals surface area contributed by atoms with Gasteiger partial charge in [0.25, 0.3) is 0 Å². The summed E-state index contributed by atoms with van der Waals surface area (Å²) >= 11 is 6.06. The number of nitrogens with zero attached hydrogens (tertiary/aromatic N) is 2. The van der Waals surface area contributed by atoms with Gasteiger partial charge >= 0.3 is 0 Å². The molecule has 1 aliphatic heterocycles. The first kappa shape index (κ1) is 12.0. The van der Waals surface area contributed by atoms with Crippen LogP contribution in [0.1, 0.15) is 11.4 Å². The molecule has 5 heteroatoms. The molecule has 96 valence electrons. The van der Waals surface area contributed by atoms with Crippen molar-refractivity contribution in [2.45, 2.75) is 13.5 Å². The van der Waals surface area contributed by atoms with Crippen molar-refractivity contribution in [2.75, 3.05) is 26.2 Å². The molecule has 3 rings (SSSR count). The van der Waals surface area contributed by atoms with E-state index in [0.717, 1.165) is 60.2 Å². The third-order valence-electron chi connectivity index (χ3n) is 3.37. The molecule has 0 amide bonds. The maximum Gasteiger partial charge on any atom is 0.121 e. The molecular formula is C13H17ClN4. The second-order valence-electron chi connectivity index (χ2n) is 4.83. The van der Waals surface area contributed by atoms with Crippen molar-refractivity contribution in [1.29, 1.82) is 0 Å². The van der Waals surface area contributed by atoms with Crippen molar-refractivity contribution in [2.24, 2.45) is 0 Å². The molecule has 2 heterocycles. The Morgan fingerprint density at radius 1 is 1.33 bits per heavy atom. The molecule has 0 aliphatic carbocycles. The lowest BCUT2D eigenvalue weighted by molar-refractivity contribution is 0.229. The predicted molar refractivity (Wildman–Crippen MR) is 74.0 cm³/mol. The van der Waals surface area contributed by atoms with Gasteiger partial charge in [-0.15, -0.1) is 0 Å². The van der Waals surface area contributed by atoms with Gasteiger partial charge in [-0.1, -0.05) is 11.6 Å². The van der Waals surface area contributed by atoms with Crippen LogP contribution in [0.3, 0.4) is 0 Å². The highest BCUT2D eigenvalue weighted by Gasteiger charge is 2.13. The molecule has 2 aromatic rings. The number of aromatic nitrogens is 2. The molecule has 0 radical (unpaired) electrons. The second kappa shape index (κ2) is 4.88. The van der Waals surface area contributed by atoms with E-state index in [9.17, 15) is 0 Å². The Hall–Kier alpha value is -1.10. The van der Waals surface area contributed by atoms with Gasteiger partial charge in [-0.2, -0.15) is 0 Å². The number of H-pyrrole nitrogens is 1. The van der Waals surface area contributed by atoms with Crippen LogP contribution in [0.25, 0.3) is 11.0 Å². The zero-order valence-corrected chi connectivity index (χ0v) is 11.2.